The maximum atomic E-state index is 6.03. The van der Waals surface area contributed by atoms with Gasteiger partial charge in [-0.05, 0) is 36.5 Å². The van der Waals surface area contributed by atoms with Crippen molar-refractivity contribution in [1.82, 2.24) is 4.98 Å². The maximum Gasteiger partial charge on any atom is 0.0719 e. The highest BCUT2D eigenvalue weighted by molar-refractivity contribution is 6.30. The van der Waals surface area contributed by atoms with Gasteiger partial charge in [-0.15, -0.1) is 0 Å². The Bertz CT molecular complexity index is 532. The molecule has 1 nitrogen and oxygen atoms in total. The maximum absolute atomic E-state index is 6.03. The van der Waals surface area contributed by atoms with E-state index < -0.39 is 0 Å². The molecule has 0 radical (unpaired) electrons. The molecule has 1 aliphatic carbocycles. The molecule has 1 saturated carbocycles. The number of hydrogen-bond acceptors (Lipinski definition) is 1. The van der Waals surface area contributed by atoms with Gasteiger partial charge in [-0.25, -0.2) is 0 Å². The van der Waals surface area contributed by atoms with E-state index in [2.05, 4.69) is 29.2 Å². The van der Waals surface area contributed by atoms with Crippen molar-refractivity contribution in [1.29, 1.82) is 0 Å². The summed E-state index contributed by atoms with van der Waals surface area (Å²) in [6, 6.07) is 12.3. The summed E-state index contributed by atoms with van der Waals surface area (Å²) in [5, 5.41) is 0.749. The minimum absolute atomic E-state index is 0.715. The highest BCUT2D eigenvalue weighted by atomic mass is 35.5. The lowest BCUT2D eigenvalue weighted by molar-refractivity contribution is 0.420. The Hall–Kier alpha value is -1.34. The lowest BCUT2D eigenvalue weighted by Crippen LogP contribution is -2.10. The van der Waals surface area contributed by atoms with Crippen LogP contribution in [0.5, 0.6) is 0 Å². The van der Waals surface area contributed by atoms with Crippen LogP contribution in [-0.4, -0.2) is 4.98 Å². The molecule has 1 aromatic carbocycles. The van der Waals surface area contributed by atoms with Gasteiger partial charge in [0.2, 0.25) is 0 Å². The molecule has 3 rings (SSSR count). The Morgan fingerprint density at radius 2 is 1.94 bits per heavy atom. The predicted octanol–water partition coefficient (Wildman–Crippen LogP) is 4.67. The first kappa shape index (κ1) is 10.8. The van der Waals surface area contributed by atoms with E-state index in [1.54, 1.807) is 6.20 Å². The molecular weight excluding hydrogens is 230 g/mol. The Morgan fingerprint density at radius 3 is 2.65 bits per heavy atom. The average molecular weight is 244 g/mol. The van der Waals surface area contributed by atoms with Crippen LogP contribution in [-0.2, 0) is 0 Å². The number of benzene rings is 1. The van der Waals surface area contributed by atoms with Crippen molar-refractivity contribution in [3.05, 3.63) is 53.2 Å². The van der Waals surface area contributed by atoms with Gasteiger partial charge in [-0.2, -0.15) is 0 Å². The third-order valence-corrected chi connectivity index (χ3v) is 3.74. The number of pyridine rings is 1. The van der Waals surface area contributed by atoms with Crippen LogP contribution in [0.25, 0.3) is 11.3 Å². The zero-order chi connectivity index (χ0) is 11.7. The van der Waals surface area contributed by atoms with Gasteiger partial charge in [0, 0.05) is 16.8 Å². The zero-order valence-electron chi connectivity index (χ0n) is 9.57. The SMILES string of the molecule is Clc1ccnc(-c2ccccc2C2CCC2)c1. The molecule has 0 N–H and O–H groups in total. The molecule has 1 fully saturated rings. The largest absolute Gasteiger partial charge is 0.256 e. The molecule has 2 aromatic rings. The zero-order valence-corrected chi connectivity index (χ0v) is 10.3. The third-order valence-electron chi connectivity index (χ3n) is 3.50. The molecular formula is C15H14ClN. The first-order chi connectivity index (χ1) is 8.34. The molecule has 0 bridgehead atoms. The first-order valence-electron chi connectivity index (χ1n) is 6.05. The fourth-order valence-electron chi connectivity index (χ4n) is 2.36. The molecule has 0 aliphatic heterocycles. The molecule has 0 spiro atoms. The van der Waals surface area contributed by atoms with Gasteiger partial charge >= 0.3 is 0 Å². The normalized spacial score (nSPS) is 15.6. The van der Waals surface area contributed by atoms with Crippen LogP contribution in [0.2, 0.25) is 5.02 Å². The van der Waals surface area contributed by atoms with Crippen LogP contribution in [0.1, 0.15) is 30.7 Å². The fourth-order valence-corrected chi connectivity index (χ4v) is 2.52. The van der Waals surface area contributed by atoms with E-state index in [0.717, 1.165) is 10.7 Å². The molecule has 1 heterocycles. The Labute approximate surface area is 106 Å². The van der Waals surface area contributed by atoms with Gasteiger partial charge in [0.1, 0.15) is 0 Å². The van der Waals surface area contributed by atoms with Gasteiger partial charge in [0.05, 0.1) is 5.69 Å². The van der Waals surface area contributed by atoms with E-state index in [0.29, 0.717) is 5.92 Å². The predicted molar refractivity (Wildman–Crippen MR) is 71.3 cm³/mol. The Morgan fingerprint density at radius 1 is 1.12 bits per heavy atom. The Kier molecular flexibility index (Phi) is 2.86. The van der Waals surface area contributed by atoms with E-state index >= 15 is 0 Å². The second kappa shape index (κ2) is 4.50. The molecule has 0 saturated heterocycles. The highest BCUT2D eigenvalue weighted by Crippen LogP contribution is 2.40. The lowest BCUT2D eigenvalue weighted by Gasteiger charge is -2.27. The summed E-state index contributed by atoms with van der Waals surface area (Å²) in [6.07, 6.45) is 5.73. The monoisotopic (exact) mass is 243 g/mol. The van der Waals surface area contributed by atoms with Crippen molar-refractivity contribution in [2.75, 3.05) is 0 Å². The average Bonchev–Trinajstić information content (AvgIpc) is 2.27. The van der Waals surface area contributed by atoms with Crippen LogP contribution in [0.3, 0.4) is 0 Å². The van der Waals surface area contributed by atoms with Crippen LogP contribution in [0, 0.1) is 0 Å². The number of hydrogen-bond donors (Lipinski definition) is 0. The summed E-state index contributed by atoms with van der Waals surface area (Å²) in [5.74, 6) is 0.715. The number of rotatable bonds is 2. The van der Waals surface area contributed by atoms with Crippen molar-refractivity contribution in [3.63, 3.8) is 0 Å². The highest BCUT2D eigenvalue weighted by Gasteiger charge is 2.22. The van der Waals surface area contributed by atoms with E-state index in [1.807, 2.05) is 12.1 Å². The number of nitrogens with zero attached hydrogens (tertiary/aromatic N) is 1. The van der Waals surface area contributed by atoms with E-state index in [9.17, 15) is 0 Å². The van der Waals surface area contributed by atoms with Crippen molar-refractivity contribution >= 4 is 11.6 Å². The van der Waals surface area contributed by atoms with Crippen molar-refractivity contribution in [3.8, 4) is 11.3 Å². The first-order valence-corrected chi connectivity index (χ1v) is 6.43. The van der Waals surface area contributed by atoms with Crippen molar-refractivity contribution in [2.45, 2.75) is 25.2 Å². The number of aromatic nitrogens is 1. The van der Waals surface area contributed by atoms with E-state index in [4.69, 9.17) is 11.6 Å². The molecule has 0 unspecified atom stereocenters. The molecule has 0 atom stereocenters. The summed E-state index contributed by atoms with van der Waals surface area (Å²) in [4.78, 5) is 4.43. The van der Waals surface area contributed by atoms with Crippen LogP contribution >= 0.6 is 11.6 Å². The molecule has 2 heteroatoms. The second-order valence-corrected chi connectivity index (χ2v) is 5.01. The summed E-state index contributed by atoms with van der Waals surface area (Å²) < 4.78 is 0. The fraction of sp³-hybridized carbons (Fsp3) is 0.267. The summed E-state index contributed by atoms with van der Waals surface area (Å²) >= 11 is 6.03. The van der Waals surface area contributed by atoms with Crippen molar-refractivity contribution < 1.29 is 0 Å². The minimum atomic E-state index is 0.715. The molecule has 86 valence electrons. The van der Waals surface area contributed by atoms with E-state index in [1.165, 1.54) is 30.4 Å². The van der Waals surface area contributed by atoms with Gasteiger partial charge in [0.25, 0.3) is 0 Å². The molecule has 0 amide bonds. The number of halogens is 1. The van der Waals surface area contributed by atoms with Gasteiger partial charge in [-0.3, -0.25) is 4.98 Å². The topological polar surface area (TPSA) is 12.9 Å². The smallest absolute Gasteiger partial charge is 0.0719 e. The summed E-state index contributed by atoms with van der Waals surface area (Å²) in [5.41, 5.74) is 3.65. The summed E-state index contributed by atoms with van der Waals surface area (Å²) in [6.45, 7) is 0. The lowest BCUT2D eigenvalue weighted by atomic mass is 9.78. The van der Waals surface area contributed by atoms with Gasteiger partial charge < -0.3 is 0 Å². The molecule has 17 heavy (non-hydrogen) atoms. The molecule has 1 aliphatic rings. The summed E-state index contributed by atoms with van der Waals surface area (Å²) in [7, 11) is 0. The standard InChI is InChI=1S/C15H14ClN/c16-12-8-9-17-15(10-12)14-7-2-1-6-13(14)11-4-3-5-11/h1-2,6-11H,3-5H2. The Balaban J connectivity index is 2.07. The van der Waals surface area contributed by atoms with Crippen LogP contribution in [0.15, 0.2) is 42.6 Å². The van der Waals surface area contributed by atoms with Crippen molar-refractivity contribution in [2.24, 2.45) is 0 Å². The third kappa shape index (κ3) is 2.07. The van der Waals surface area contributed by atoms with E-state index in [-0.39, 0.29) is 0 Å². The van der Waals surface area contributed by atoms with Crippen LogP contribution in [0.4, 0.5) is 0 Å². The second-order valence-electron chi connectivity index (χ2n) is 4.57. The van der Waals surface area contributed by atoms with Gasteiger partial charge in [-0.1, -0.05) is 42.3 Å². The van der Waals surface area contributed by atoms with Crippen LogP contribution < -0.4 is 0 Å². The minimum Gasteiger partial charge on any atom is -0.256 e. The van der Waals surface area contributed by atoms with Gasteiger partial charge in [0.15, 0.2) is 0 Å². The molecule has 1 aromatic heterocycles. The quantitative estimate of drug-likeness (QED) is 0.747.